The van der Waals surface area contributed by atoms with Gasteiger partial charge in [-0.1, -0.05) is 30.5 Å². The van der Waals surface area contributed by atoms with Crippen LogP contribution in [0.3, 0.4) is 0 Å². The fraction of sp³-hybridized carbons (Fsp3) is 0.600. The highest BCUT2D eigenvalue weighted by Gasteiger charge is 2.22. The Labute approximate surface area is 163 Å². The molecule has 2 amide bonds. The van der Waals surface area contributed by atoms with Gasteiger partial charge < -0.3 is 15.5 Å². The van der Waals surface area contributed by atoms with Gasteiger partial charge in [-0.05, 0) is 44.9 Å². The highest BCUT2D eigenvalue weighted by Crippen LogP contribution is 2.12. The first kappa shape index (κ1) is 22.5. The summed E-state index contributed by atoms with van der Waals surface area (Å²) in [6, 6.07) is 7.70. The highest BCUT2D eigenvalue weighted by atomic mass is 35.5. The summed E-state index contributed by atoms with van der Waals surface area (Å²) in [6.07, 6.45) is 5.58. The van der Waals surface area contributed by atoms with Crippen LogP contribution in [0, 0.1) is 6.92 Å². The number of benzene rings is 1. The van der Waals surface area contributed by atoms with Crippen molar-refractivity contribution >= 4 is 24.2 Å². The lowest BCUT2D eigenvalue weighted by Gasteiger charge is -2.22. The molecule has 0 unspecified atom stereocenters. The maximum absolute atomic E-state index is 12.7. The summed E-state index contributed by atoms with van der Waals surface area (Å²) in [4.78, 5) is 28.8. The smallest absolute Gasteiger partial charge is 0.253 e. The zero-order chi connectivity index (χ0) is 18.1. The Kier molecular flexibility index (Phi) is 10.3. The second-order valence-corrected chi connectivity index (χ2v) is 6.85. The average molecular weight is 382 g/mol. The molecule has 0 radical (unpaired) electrons. The van der Waals surface area contributed by atoms with Gasteiger partial charge in [-0.2, -0.15) is 0 Å². The van der Waals surface area contributed by atoms with Gasteiger partial charge in [0.05, 0.1) is 0 Å². The van der Waals surface area contributed by atoms with Crippen LogP contribution in [0.15, 0.2) is 24.3 Å². The minimum atomic E-state index is 0. The van der Waals surface area contributed by atoms with Gasteiger partial charge in [0.1, 0.15) is 0 Å². The van der Waals surface area contributed by atoms with Crippen molar-refractivity contribution in [1.29, 1.82) is 0 Å². The van der Waals surface area contributed by atoms with E-state index >= 15 is 0 Å². The van der Waals surface area contributed by atoms with Gasteiger partial charge in [0.15, 0.2) is 0 Å². The Hall–Kier alpha value is -1.59. The van der Waals surface area contributed by atoms with E-state index in [0.29, 0.717) is 26.1 Å². The minimum absolute atomic E-state index is 0. The van der Waals surface area contributed by atoms with Crippen LogP contribution in [0.2, 0.25) is 0 Å². The fourth-order valence-corrected chi connectivity index (χ4v) is 3.26. The third-order valence-corrected chi connectivity index (χ3v) is 4.75. The first-order valence-electron chi connectivity index (χ1n) is 9.45. The molecule has 1 aromatic rings. The Balaban J connectivity index is 0.00000338. The summed E-state index contributed by atoms with van der Waals surface area (Å²) >= 11 is 0. The fourth-order valence-electron chi connectivity index (χ4n) is 3.26. The zero-order valence-corrected chi connectivity index (χ0v) is 16.6. The van der Waals surface area contributed by atoms with Crippen molar-refractivity contribution in [3.8, 4) is 0 Å². The molecule has 1 heterocycles. The zero-order valence-electron chi connectivity index (χ0n) is 15.8. The van der Waals surface area contributed by atoms with E-state index in [1.54, 1.807) is 0 Å². The largest absolute Gasteiger partial charge is 0.341 e. The second kappa shape index (κ2) is 11.9. The molecular formula is C20H32ClN3O2. The molecule has 0 spiro atoms. The van der Waals surface area contributed by atoms with E-state index in [9.17, 15) is 9.59 Å². The maximum atomic E-state index is 12.7. The third-order valence-electron chi connectivity index (χ3n) is 4.75. The number of carbonyl (C=O) groups is 2. The Bertz CT molecular complexity index is 580. The number of nitrogens with zero attached hydrogens (tertiary/aromatic N) is 2. The van der Waals surface area contributed by atoms with E-state index in [1.165, 1.54) is 0 Å². The Morgan fingerprint density at radius 3 is 2.42 bits per heavy atom. The highest BCUT2D eigenvalue weighted by molar-refractivity contribution is 5.94. The average Bonchev–Trinajstić information content (AvgIpc) is 2.87. The Morgan fingerprint density at radius 1 is 1.00 bits per heavy atom. The number of halogens is 1. The molecular weight excluding hydrogens is 350 g/mol. The normalized spacial score (nSPS) is 14.5. The number of unbranched alkanes of at least 4 members (excludes halogenated alkanes) is 3. The van der Waals surface area contributed by atoms with Crippen molar-refractivity contribution in [2.45, 2.75) is 45.4 Å². The molecule has 26 heavy (non-hydrogen) atoms. The molecule has 2 N–H and O–H groups in total. The molecule has 1 aliphatic rings. The molecule has 5 nitrogen and oxygen atoms in total. The van der Waals surface area contributed by atoms with Gasteiger partial charge in [-0.25, -0.2) is 0 Å². The third kappa shape index (κ3) is 6.96. The minimum Gasteiger partial charge on any atom is -0.341 e. The summed E-state index contributed by atoms with van der Waals surface area (Å²) in [5.74, 6) is 0.289. The lowest BCUT2D eigenvalue weighted by Crippen LogP contribution is -2.37. The molecule has 1 fully saturated rings. The van der Waals surface area contributed by atoms with E-state index < -0.39 is 0 Å². The summed E-state index contributed by atoms with van der Waals surface area (Å²) in [7, 11) is 0. The van der Waals surface area contributed by atoms with Crippen LogP contribution in [-0.4, -0.2) is 54.3 Å². The lowest BCUT2D eigenvalue weighted by molar-refractivity contribution is -0.131. The lowest BCUT2D eigenvalue weighted by atomic mass is 10.1. The van der Waals surface area contributed by atoms with Crippen molar-refractivity contribution in [2.75, 3.05) is 32.7 Å². The predicted molar refractivity (Wildman–Crippen MR) is 108 cm³/mol. The molecule has 0 saturated carbocycles. The van der Waals surface area contributed by atoms with E-state index in [2.05, 4.69) is 0 Å². The first-order valence-corrected chi connectivity index (χ1v) is 9.45. The SMILES string of the molecule is Cc1cccc(C(=O)N2CCCN(C(=O)CCCCCCN)CC2)c1.Cl. The molecule has 1 saturated heterocycles. The molecule has 6 heteroatoms. The molecule has 146 valence electrons. The van der Waals surface area contributed by atoms with Crippen LogP contribution in [0.5, 0.6) is 0 Å². The van der Waals surface area contributed by atoms with Crippen LogP contribution in [-0.2, 0) is 4.79 Å². The van der Waals surface area contributed by atoms with Crippen LogP contribution in [0.1, 0.15) is 54.4 Å². The molecule has 0 atom stereocenters. The second-order valence-electron chi connectivity index (χ2n) is 6.85. The molecule has 0 aromatic heterocycles. The number of rotatable bonds is 7. The topological polar surface area (TPSA) is 66.6 Å². The monoisotopic (exact) mass is 381 g/mol. The quantitative estimate of drug-likeness (QED) is 0.738. The van der Waals surface area contributed by atoms with Gasteiger partial charge in [0.2, 0.25) is 5.91 Å². The van der Waals surface area contributed by atoms with Crippen LogP contribution < -0.4 is 5.73 Å². The summed E-state index contributed by atoms with van der Waals surface area (Å²) in [5.41, 5.74) is 7.31. The molecule has 1 aliphatic heterocycles. The van der Waals surface area contributed by atoms with Crippen molar-refractivity contribution in [1.82, 2.24) is 9.80 Å². The summed E-state index contributed by atoms with van der Waals surface area (Å²) in [5, 5.41) is 0. The standard InChI is InChI=1S/C20H31N3O2.ClH/c1-17-8-6-9-18(16-17)20(25)23-13-7-12-22(14-15-23)19(24)10-4-2-3-5-11-21;/h6,8-9,16H,2-5,7,10-15,21H2,1H3;1H. The van der Waals surface area contributed by atoms with Crippen molar-refractivity contribution in [2.24, 2.45) is 5.73 Å². The number of hydrogen-bond acceptors (Lipinski definition) is 3. The molecule has 0 aliphatic carbocycles. The van der Waals surface area contributed by atoms with E-state index in [4.69, 9.17) is 5.73 Å². The molecule has 2 rings (SSSR count). The molecule has 0 bridgehead atoms. The van der Waals surface area contributed by atoms with Gasteiger partial charge >= 0.3 is 0 Å². The van der Waals surface area contributed by atoms with Crippen LogP contribution >= 0.6 is 12.4 Å². The van der Waals surface area contributed by atoms with E-state index in [1.807, 2.05) is 41.0 Å². The van der Waals surface area contributed by atoms with Crippen molar-refractivity contribution < 1.29 is 9.59 Å². The van der Waals surface area contributed by atoms with Gasteiger partial charge in [-0.3, -0.25) is 9.59 Å². The first-order chi connectivity index (χ1) is 12.1. The van der Waals surface area contributed by atoms with Gasteiger partial charge in [0.25, 0.3) is 5.91 Å². The summed E-state index contributed by atoms with van der Waals surface area (Å²) in [6.45, 7) is 5.44. The van der Waals surface area contributed by atoms with Crippen LogP contribution in [0.4, 0.5) is 0 Å². The van der Waals surface area contributed by atoms with Crippen molar-refractivity contribution in [3.05, 3.63) is 35.4 Å². The van der Waals surface area contributed by atoms with Crippen molar-refractivity contribution in [3.63, 3.8) is 0 Å². The van der Waals surface area contributed by atoms with E-state index in [0.717, 1.165) is 56.3 Å². The number of hydrogen-bond donors (Lipinski definition) is 1. The van der Waals surface area contributed by atoms with Gasteiger partial charge in [0, 0.05) is 38.2 Å². The number of nitrogens with two attached hydrogens (primary N) is 1. The number of carbonyl (C=O) groups excluding carboxylic acids is 2. The predicted octanol–water partition coefficient (Wildman–Crippen LogP) is 3.00. The van der Waals surface area contributed by atoms with Gasteiger partial charge in [-0.15, -0.1) is 12.4 Å². The Morgan fingerprint density at radius 2 is 1.69 bits per heavy atom. The maximum Gasteiger partial charge on any atom is 0.253 e. The van der Waals surface area contributed by atoms with E-state index in [-0.39, 0.29) is 24.2 Å². The van der Waals surface area contributed by atoms with Crippen LogP contribution in [0.25, 0.3) is 0 Å². The number of amides is 2. The summed E-state index contributed by atoms with van der Waals surface area (Å²) < 4.78 is 0. The molecule has 1 aromatic carbocycles. The number of aryl methyl sites for hydroxylation is 1.